The van der Waals surface area contributed by atoms with Gasteiger partial charge in [0.1, 0.15) is 5.52 Å². The third-order valence-corrected chi connectivity index (χ3v) is 6.63. The first-order chi connectivity index (χ1) is 18.1. The van der Waals surface area contributed by atoms with Crippen molar-refractivity contribution in [2.45, 2.75) is 13.0 Å². The molecule has 6 rings (SSSR count). The number of fused-ring (bicyclic) bond motifs is 1. The Balaban J connectivity index is 1.11. The molecule has 0 radical (unpaired) electrons. The highest BCUT2D eigenvalue weighted by Crippen LogP contribution is 2.27. The average molecular weight is 492 g/mol. The molecule has 1 fully saturated rings. The third kappa shape index (κ3) is 4.86. The van der Waals surface area contributed by atoms with E-state index in [0.717, 1.165) is 22.3 Å². The normalized spacial score (nSPS) is 15.2. The lowest BCUT2D eigenvalue weighted by Crippen LogP contribution is -2.29. The summed E-state index contributed by atoms with van der Waals surface area (Å²) in [5.41, 5.74) is 4.51. The maximum Gasteiger partial charge on any atom is 0.269 e. The topological polar surface area (TPSA) is 93.3 Å². The second-order valence-electron chi connectivity index (χ2n) is 9.18. The number of oxazole rings is 1. The Kier molecular flexibility index (Phi) is 5.98. The van der Waals surface area contributed by atoms with Crippen LogP contribution in [0.5, 0.6) is 0 Å². The second-order valence-corrected chi connectivity index (χ2v) is 9.18. The number of nitrogens with one attached hydrogen (secondary N) is 1. The van der Waals surface area contributed by atoms with E-state index in [-0.39, 0.29) is 17.4 Å². The summed E-state index contributed by atoms with van der Waals surface area (Å²) in [5, 5.41) is 7.36. The minimum atomic E-state index is -0.197. The van der Waals surface area contributed by atoms with Crippen LogP contribution in [0.3, 0.4) is 0 Å². The first kappa shape index (κ1) is 22.7. The number of benzene rings is 3. The van der Waals surface area contributed by atoms with Gasteiger partial charge in [0.25, 0.3) is 5.56 Å². The molecule has 3 aromatic carbocycles. The van der Waals surface area contributed by atoms with Crippen molar-refractivity contribution in [2.24, 2.45) is 5.92 Å². The predicted molar refractivity (Wildman–Crippen MR) is 142 cm³/mol. The summed E-state index contributed by atoms with van der Waals surface area (Å²) >= 11 is 0. The van der Waals surface area contributed by atoms with Crippen molar-refractivity contribution in [1.29, 1.82) is 0 Å². The van der Waals surface area contributed by atoms with E-state index >= 15 is 0 Å². The van der Waals surface area contributed by atoms with Crippen molar-refractivity contribution >= 4 is 28.4 Å². The Morgan fingerprint density at radius 1 is 1.00 bits per heavy atom. The van der Waals surface area contributed by atoms with Crippen LogP contribution in [0.15, 0.2) is 100 Å². The average Bonchev–Trinajstić information content (AvgIpc) is 3.59. The molecule has 1 unspecified atom stereocenters. The first-order valence-corrected chi connectivity index (χ1v) is 12.3. The Hall–Kier alpha value is -4.72. The van der Waals surface area contributed by atoms with E-state index in [1.807, 2.05) is 77.7 Å². The Bertz CT molecular complexity index is 1610. The molecule has 5 aromatic rings. The van der Waals surface area contributed by atoms with E-state index in [4.69, 9.17) is 4.42 Å². The highest BCUT2D eigenvalue weighted by atomic mass is 16.3. The Morgan fingerprint density at radius 2 is 1.78 bits per heavy atom. The van der Waals surface area contributed by atoms with Gasteiger partial charge in [-0.25, -0.2) is 9.67 Å². The first-order valence-electron chi connectivity index (χ1n) is 12.3. The van der Waals surface area contributed by atoms with E-state index in [2.05, 4.69) is 15.4 Å². The van der Waals surface area contributed by atoms with Gasteiger partial charge in [-0.15, -0.1) is 0 Å². The number of carbonyl (C=O) groups excluding carboxylic acids is 1. The SMILES string of the molecule is O=C(Nc1ccc2nc(-c3ccccc3)oc2c1)C1CCN(c2cnn(Cc3ccccc3)c(=O)c2)C1. The molecule has 1 saturated heterocycles. The molecule has 184 valence electrons. The molecule has 1 atom stereocenters. The molecule has 8 nitrogen and oxygen atoms in total. The van der Waals surface area contributed by atoms with Gasteiger partial charge >= 0.3 is 0 Å². The molecule has 37 heavy (non-hydrogen) atoms. The molecule has 0 bridgehead atoms. The van der Waals surface area contributed by atoms with Crippen molar-refractivity contribution in [2.75, 3.05) is 23.3 Å². The van der Waals surface area contributed by atoms with Crippen molar-refractivity contribution < 1.29 is 9.21 Å². The van der Waals surface area contributed by atoms with Crippen LogP contribution in [0.1, 0.15) is 12.0 Å². The zero-order chi connectivity index (χ0) is 25.2. The van der Waals surface area contributed by atoms with Crippen molar-refractivity contribution in [3.05, 3.63) is 107 Å². The number of hydrogen-bond acceptors (Lipinski definition) is 6. The zero-order valence-electron chi connectivity index (χ0n) is 20.1. The van der Waals surface area contributed by atoms with Gasteiger partial charge in [-0.1, -0.05) is 48.5 Å². The molecule has 3 heterocycles. The van der Waals surface area contributed by atoms with Crippen LogP contribution in [0, 0.1) is 5.92 Å². The lowest BCUT2D eigenvalue weighted by molar-refractivity contribution is -0.119. The highest BCUT2D eigenvalue weighted by Gasteiger charge is 2.29. The fourth-order valence-electron chi connectivity index (χ4n) is 4.63. The summed E-state index contributed by atoms with van der Waals surface area (Å²) in [7, 11) is 0. The van der Waals surface area contributed by atoms with Gasteiger partial charge in [0.05, 0.1) is 24.3 Å². The van der Waals surface area contributed by atoms with Crippen LogP contribution >= 0.6 is 0 Å². The highest BCUT2D eigenvalue weighted by molar-refractivity contribution is 5.95. The quantitative estimate of drug-likeness (QED) is 0.374. The number of anilines is 2. The monoisotopic (exact) mass is 491 g/mol. The van der Waals surface area contributed by atoms with Crippen molar-refractivity contribution in [1.82, 2.24) is 14.8 Å². The number of amides is 1. The molecule has 0 spiro atoms. The molecule has 8 heteroatoms. The molecule has 1 N–H and O–H groups in total. The zero-order valence-corrected chi connectivity index (χ0v) is 20.1. The van der Waals surface area contributed by atoms with Crippen LogP contribution in [-0.4, -0.2) is 33.8 Å². The van der Waals surface area contributed by atoms with Gasteiger partial charge in [0.15, 0.2) is 5.58 Å². The summed E-state index contributed by atoms with van der Waals surface area (Å²) in [4.78, 5) is 32.2. The second kappa shape index (κ2) is 9.73. The van der Waals surface area contributed by atoms with Crippen LogP contribution in [0.2, 0.25) is 0 Å². The molecule has 0 saturated carbocycles. The van der Waals surface area contributed by atoms with Gasteiger partial charge < -0.3 is 14.6 Å². The van der Waals surface area contributed by atoms with Gasteiger partial charge in [0.2, 0.25) is 11.8 Å². The smallest absolute Gasteiger partial charge is 0.269 e. The number of carbonyl (C=O) groups is 1. The Labute approximate surface area is 213 Å². The number of hydrogen-bond donors (Lipinski definition) is 1. The Morgan fingerprint density at radius 3 is 2.57 bits per heavy atom. The summed E-state index contributed by atoms with van der Waals surface area (Å²) < 4.78 is 7.37. The summed E-state index contributed by atoms with van der Waals surface area (Å²) in [6.07, 6.45) is 2.40. The van der Waals surface area contributed by atoms with E-state index in [1.54, 1.807) is 18.3 Å². The largest absolute Gasteiger partial charge is 0.436 e. The van der Waals surface area contributed by atoms with Gasteiger partial charge in [-0.2, -0.15) is 5.10 Å². The van der Waals surface area contributed by atoms with Gasteiger partial charge in [-0.3, -0.25) is 9.59 Å². The van der Waals surface area contributed by atoms with Crippen molar-refractivity contribution in [3.8, 4) is 11.5 Å². The number of aromatic nitrogens is 3. The molecule has 1 aliphatic rings. The minimum absolute atomic E-state index is 0.0602. The minimum Gasteiger partial charge on any atom is -0.436 e. The predicted octanol–water partition coefficient (Wildman–Crippen LogP) is 4.56. The van der Waals surface area contributed by atoms with E-state index in [9.17, 15) is 9.59 Å². The molecule has 0 aliphatic carbocycles. The van der Waals surface area contributed by atoms with Gasteiger partial charge in [0, 0.05) is 36.5 Å². The van der Waals surface area contributed by atoms with Crippen LogP contribution in [0.25, 0.3) is 22.6 Å². The van der Waals surface area contributed by atoms with Crippen molar-refractivity contribution in [3.63, 3.8) is 0 Å². The standard InChI is InChI=1S/C29H25N5O3/c35-27-16-24(17-30-34(27)18-20-7-3-1-4-8-20)33-14-13-22(19-33)28(36)31-23-11-12-25-26(15-23)37-29(32-25)21-9-5-2-6-10-21/h1-12,15-17,22H,13-14,18-19H2,(H,31,36). The molecular formula is C29H25N5O3. The molecular weight excluding hydrogens is 466 g/mol. The summed E-state index contributed by atoms with van der Waals surface area (Å²) in [6.45, 7) is 1.63. The summed E-state index contributed by atoms with van der Waals surface area (Å²) in [6, 6.07) is 26.5. The lowest BCUT2D eigenvalue weighted by Gasteiger charge is -2.18. The number of nitrogens with zero attached hydrogens (tertiary/aromatic N) is 4. The maximum atomic E-state index is 13.0. The molecule has 1 aliphatic heterocycles. The summed E-state index contributed by atoms with van der Waals surface area (Å²) in [5.74, 6) is 0.289. The number of rotatable bonds is 6. The fourth-order valence-corrected chi connectivity index (χ4v) is 4.63. The fraction of sp³-hybridized carbons (Fsp3) is 0.172. The third-order valence-electron chi connectivity index (χ3n) is 6.63. The van der Waals surface area contributed by atoms with Crippen LogP contribution in [-0.2, 0) is 11.3 Å². The van der Waals surface area contributed by atoms with Crippen LogP contribution in [0.4, 0.5) is 11.4 Å². The van der Waals surface area contributed by atoms with E-state index in [0.29, 0.717) is 43.2 Å². The molecule has 2 aromatic heterocycles. The molecule has 1 amide bonds. The maximum absolute atomic E-state index is 13.0. The lowest BCUT2D eigenvalue weighted by atomic mass is 10.1. The van der Waals surface area contributed by atoms with E-state index in [1.165, 1.54) is 4.68 Å². The van der Waals surface area contributed by atoms with E-state index < -0.39 is 0 Å². The van der Waals surface area contributed by atoms with Gasteiger partial charge in [-0.05, 0) is 36.2 Å². The van der Waals surface area contributed by atoms with Crippen LogP contribution < -0.4 is 15.8 Å².